The summed E-state index contributed by atoms with van der Waals surface area (Å²) in [5, 5.41) is 0.712. The fourth-order valence-electron chi connectivity index (χ4n) is 2.56. The number of ketones is 1. The third-order valence-corrected chi connectivity index (χ3v) is 6.28. The Kier molecular flexibility index (Phi) is 6.33. The van der Waals surface area contributed by atoms with Gasteiger partial charge in [0, 0.05) is 33.0 Å². The summed E-state index contributed by atoms with van der Waals surface area (Å²) in [5.74, 6) is -0.881. The third kappa shape index (κ3) is 5.28. The fraction of sp³-hybridized carbons (Fsp3) is 0.222. The average molecular weight is 485 g/mol. The number of fused-ring (bicyclic) bond motifs is 1. The Morgan fingerprint density at radius 1 is 1.25 bits per heavy atom. The summed E-state index contributed by atoms with van der Waals surface area (Å²) in [4.78, 5) is 29.0. The van der Waals surface area contributed by atoms with E-state index in [0.717, 1.165) is 21.1 Å². The van der Waals surface area contributed by atoms with Crippen LogP contribution < -0.4 is 4.72 Å². The van der Waals surface area contributed by atoms with Gasteiger partial charge in [0.25, 0.3) is 0 Å². The molecule has 0 fully saturated rings. The number of Topliss-reactive ketones (excluding diaryl/α,β-unsaturated/α-hetero) is 1. The molecule has 0 saturated carbocycles. The van der Waals surface area contributed by atoms with E-state index in [4.69, 9.17) is 4.74 Å². The number of halogens is 1. The van der Waals surface area contributed by atoms with E-state index in [0.29, 0.717) is 22.2 Å². The molecule has 28 heavy (non-hydrogen) atoms. The molecule has 0 amide bonds. The summed E-state index contributed by atoms with van der Waals surface area (Å²) < 4.78 is 30.5. The lowest BCUT2D eigenvalue weighted by Crippen LogP contribution is -2.24. The number of carbonyl (C=O) groups excluding carboxylic acids is 2. The molecule has 0 radical (unpaired) electrons. The van der Waals surface area contributed by atoms with Gasteiger partial charge in [-0.1, -0.05) is 15.9 Å². The Morgan fingerprint density at radius 2 is 2.04 bits per heavy atom. The molecule has 2 heterocycles. The summed E-state index contributed by atoms with van der Waals surface area (Å²) in [6, 6.07) is 8.92. The first kappa shape index (κ1) is 20.7. The second-order valence-electron chi connectivity index (χ2n) is 6.07. The highest BCUT2D eigenvalue weighted by Gasteiger charge is 2.17. The topological polar surface area (TPSA) is 105 Å². The molecule has 3 rings (SSSR count). The highest BCUT2D eigenvalue weighted by atomic mass is 79.9. The quantitative estimate of drug-likeness (QED) is 0.377. The average Bonchev–Trinajstić information content (AvgIpc) is 3.25. The second-order valence-corrected chi connectivity index (χ2v) is 9.99. The predicted octanol–water partition coefficient (Wildman–Crippen LogP) is 3.12. The fourth-order valence-corrected chi connectivity index (χ4v) is 4.33. The van der Waals surface area contributed by atoms with Crippen LogP contribution in [0.4, 0.5) is 0 Å². The van der Waals surface area contributed by atoms with E-state index in [1.807, 2.05) is 12.1 Å². The van der Waals surface area contributed by atoms with E-state index in [1.54, 1.807) is 24.4 Å². The zero-order valence-corrected chi connectivity index (χ0v) is 18.0. The van der Waals surface area contributed by atoms with E-state index in [9.17, 15) is 18.0 Å². The van der Waals surface area contributed by atoms with Gasteiger partial charge in [-0.2, -0.15) is 0 Å². The number of sulfonamides is 1. The number of rotatable bonds is 8. The molecule has 3 aromatic rings. The highest BCUT2D eigenvalue weighted by Crippen LogP contribution is 2.23. The van der Waals surface area contributed by atoms with Gasteiger partial charge in [-0.3, -0.25) is 4.79 Å². The van der Waals surface area contributed by atoms with Crippen molar-refractivity contribution in [3.63, 3.8) is 0 Å². The van der Waals surface area contributed by atoms with E-state index >= 15 is 0 Å². The zero-order chi connectivity index (χ0) is 20.3. The number of H-pyrrole nitrogens is 1. The van der Waals surface area contributed by atoms with Crippen LogP contribution in [0.15, 0.2) is 41.0 Å². The normalized spacial score (nSPS) is 11.6. The first-order valence-corrected chi connectivity index (χ1v) is 11.7. The van der Waals surface area contributed by atoms with Crippen LogP contribution in [0.2, 0.25) is 0 Å². The van der Waals surface area contributed by atoms with E-state index in [1.165, 1.54) is 11.3 Å². The summed E-state index contributed by atoms with van der Waals surface area (Å²) in [7, 11) is -3.24. The molecular formula is C18H17BrN2O5S2. The minimum absolute atomic E-state index is 0.262. The van der Waals surface area contributed by atoms with Crippen molar-refractivity contribution in [2.24, 2.45) is 0 Å². The van der Waals surface area contributed by atoms with Crippen LogP contribution >= 0.6 is 27.3 Å². The maximum absolute atomic E-state index is 12.3. The van der Waals surface area contributed by atoms with Gasteiger partial charge in [0.15, 0.2) is 6.61 Å². The van der Waals surface area contributed by atoms with E-state index < -0.39 is 16.0 Å². The number of aromatic amines is 1. The van der Waals surface area contributed by atoms with Crippen molar-refractivity contribution in [2.45, 2.75) is 6.42 Å². The molecule has 0 aliphatic heterocycles. The third-order valence-electron chi connectivity index (χ3n) is 3.87. The van der Waals surface area contributed by atoms with Gasteiger partial charge in [-0.15, -0.1) is 11.3 Å². The molecule has 1 aromatic carbocycles. The SMILES string of the molecule is CS(=O)(=O)NCCc1ccc(C(=O)COC(=O)c2c[nH]c3ccc(Br)cc23)s1. The predicted molar refractivity (Wildman–Crippen MR) is 111 cm³/mol. The molecule has 0 unspecified atom stereocenters. The monoisotopic (exact) mass is 484 g/mol. The van der Waals surface area contributed by atoms with Crippen molar-refractivity contribution in [1.29, 1.82) is 0 Å². The number of esters is 1. The van der Waals surface area contributed by atoms with Crippen molar-refractivity contribution < 1.29 is 22.7 Å². The second kappa shape index (κ2) is 8.56. The summed E-state index contributed by atoms with van der Waals surface area (Å²) in [6.45, 7) is -0.0981. The Bertz CT molecular complexity index is 1130. The molecule has 2 aromatic heterocycles. The number of carbonyl (C=O) groups is 2. The lowest BCUT2D eigenvalue weighted by Gasteiger charge is -2.03. The van der Waals surface area contributed by atoms with E-state index in [2.05, 4.69) is 25.6 Å². The number of hydrogen-bond donors (Lipinski definition) is 2. The zero-order valence-electron chi connectivity index (χ0n) is 14.8. The minimum atomic E-state index is -3.24. The minimum Gasteiger partial charge on any atom is -0.454 e. The van der Waals surface area contributed by atoms with Crippen molar-refractivity contribution in [3.8, 4) is 0 Å². The maximum atomic E-state index is 12.3. The number of nitrogens with one attached hydrogen (secondary N) is 2. The van der Waals surface area contributed by atoms with Crippen LogP contribution in [0.25, 0.3) is 10.9 Å². The number of aromatic nitrogens is 1. The van der Waals surface area contributed by atoms with Gasteiger partial charge < -0.3 is 9.72 Å². The smallest absolute Gasteiger partial charge is 0.340 e. The lowest BCUT2D eigenvalue weighted by atomic mass is 10.2. The number of hydrogen-bond acceptors (Lipinski definition) is 6. The molecule has 0 bridgehead atoms. The number of thiophene rings is 1. The Hall–Kier alpha value is -2.01. The first-order valence-electron chi connectivity index (χ1n) is 8.23. The lowest BCUT2D eigenvalue weighted by molar-refractivity contribution is 0.0478. The standard InChI is InChI=1S/C18H17BrN2O5S2/c1-28(24,25)21-7-6-12-3-5-17(27-12)16(22)10-26-18(23)14-9-20-15-4-2-11(19)8-13(14)15/h2-5,8-9,20-21H,6-7,10H2,1H3. The largest absolute Gasteiger partial charge is 0.454 e. The van der Waals surface area contributed by atoms with Crippen molar-refractivity contribution >= 4 is 59.9 Å². The van der Waals surface area contributed by atoms with Crippen LogP contribution in [0.3, 0.4) is 0 Å². The Balaban J connectivity index is 1.58. The van der Waals surface area contributed by atoms with Crippen LogP contribution in [0, 0.1) is 0 Å². The van der Waals surface area contributed by atoms with E-state index in [-0.39, 0.29) is 18.9 Å². The molecule has 0 spiro atoms. The van der Waals surface area contributed by atoms with Crippen LogP contribution in [0.1, 0.15) is 24.9 Å². The summed E-state index contributed by atoms with van der Waals surface area (Å²) in [5.41, 5.74) is 1.16. The Morgan fingerprint density at radius 3 is 2.79 bits per heavy atom. The van der Waals surface area contributed by atoms with Gasteiger partial charge in [-0.05, 0) is 36.8 Å². The van der Waals surface area contributed by atoms with Crippen LogP contribution in [-0.4, -0.2) is 44.6 Å². The van der Waals surface area contributed by atoms with Gasteiger partial charge in [0.1, 0.15) is 0 Å². The number of benzene rings is 1. The maximum Gasteiger partial charge on any atom is 0.340 e. The molecule has 10 heteroatoms. The summed E-state index contributed by atoms with van der Waals surface area (Å²) >= 11 is 4.62. The molecular weight excluding hydrogens is 468 g/mol. The molecule has 0 atom stereocenters. The van der Waals surface area contributed by atoms with Crippen LogP contribution in [0.5, 0.6) is 0 Å². The molecule has 148 valence electrons. The highest BCUT2D eigenvalue weighted by molar-refractivity contribution is 9.10. The van der Waals surface area contributed by atoms with Crippen molar-refractivity contribution in [2.75, 3.05) is 19.4 Å². The molecule has 7 nitrogen and oxygen atoms in total. The Labute approximate surface area is 174 Å². The molecule has 0 aliphatic rings. The molecule has 2 N–H and O–H groups in total. The van der Waals surface area contributed by atoms with Gasteiger partial charge in [0.05, 0.1) is 16.7 Å². The summed E-state index contributed by atoms with van der Waals surface area (Å²) in [6.07, 6.45) is 3.13. The van der Waals surface area contributed by atoms with Gasteiger partial charge in [0.2, 0.25) is 15.8 Å². The first-order chi connectivity index (χ1) is 13.2. The van der Waals surface area contributed by atoms with Crippen molar-refractivity contribution in [3.05, 3.63) is 56.3 Å². The van der Waals surface area contributed by atoms with Crippen molar-refractivity contribution in [1.82, 2.24) is 9.71 Å². The molecule has 0 saturated heterocycles. The van der Waals surface area contributed by atoms with Gasteiger partial charge >= 0.3 is 5.97 Å². The number of ether oxygens (including phenoxy) is 1. The van der Waals surface area contributed by atoms with Crippen LogP contribution in [-0.2, 0) is 21.2 Å². The van der Waals surface area contributed by atoms with Gasteiger partial charge in [-0.25, -0.2) is 17.9 Å². The molecule has 0 aliphatic carbocycles.